The summed E-state index contributed by atoms with van der Waals surface area (Å²) in [6, 6.07) is 2.27. The van der Waals surface area contributed by atoms with E-state index in [0.717, 1.165) is 31.5 Å². The largest absolute Gasteiger partial charge is 0.447 e. The summed E-state index contributed by atoms with van der Waals surface area (Å²) in [5.41, 5.74) is 0. The first-order valence-electron chi connectivity index (χ1n) is 8.75. The molecular weight excluding hydrogens is 322 g/mol. The summed E-state index contributed by atoms with van der Waals surface area (Å²) in [5, 5.41) is 6.25. The van der Waals surface area contributed by atoms with Gasteiger partial charge in [-0.25, -0.2) is 9.78 Å². The average Bonchev–Trinajstić information content (AvgIpc) is 2.61. The Balaban J connectivity index is 1.67. The van der Waals surface area contributed by atoms with E-state index in [-0.39, 0.29) is 12.7 Å². The van der Waals surface area contributed by atoms with Crippen molar-refractivity contribution in [1.29, 1.82) is 0 Å². The Morgan fingerprint density at radius 1 is 1.28 bits per heavy atom. The molecule has 1 amide bonds. The SMILES string of the molecule is COCCOC(=O)NCC1CCC(Nc2nccc(N(C)C)n2)CC1. The number of ether oxygens (including phenoxy) is 2. The Morgan fingerprint density at radius 3 is 2.72 bits per heavy atom. The predicted octanol–water partition coefficient (Wildman–Crippen LogP) is 1.89. The number of carbonyl (C=O) groups excluding carboxylic acids is 1. The summed E-state index contributed by atoms with van der Waals surface area (Å²) in [6.45, 7) is 1.36. The van der Waals surface area contributed by atoms with Gasteiger partial charge >= 0.3 is 6.09 Å². The fourth-order valence-corrected chi connectivity index (χ4v) is 2.86. The van der Waals surface area contributed by atoms with Crippen LogP contribution in [0.4, 0.5) is 16.6 Å². The fraction of sp³-hybridized carbons (Fsp3) is 0.706. The maximum Gasteiger partial charge on any atom is 0.407 e. The lowest BCUT2D eigenvalue weighted by Gasteiger charge is -2.29. The fourth-order valence-electron chi connectivity index (χ4n) is 2.86. The van der Waals surface area contributed by atoms with Crippen molar-refractivity contribution in [1.82, 2.24) is 15.3 Å². The second-order valence-corrected chi connectivity index (χ2v) is 6.50. The first-order valence-corrected chi connectivity index (χ1v) is 8.75. The van der Waals surface area contributed by atoms with Gasteiger partial charge in [0.15, 0.2) is 0 Å². The molecule has 1 heterocycles. The van der Waals surface area contributed by atoms with E-state index >= 15 is 0 Å². The number of nitrogens with one attached hydrogen (secondary N) is 2. The van der Waals surface area contributed by atoms with Crippen LogP contribution in [0.25, 0.3) is 0 Å². The van der Waals surface area contributed by atoms with E-state index in [1.807, 2.05) is 25.1 Å². The van der Waals surface area contributed by atoms with Crippen LogP contribution in [-0.2, 0) is 9.47 Å². The van der Waals surface area contributed by atoms with Crippen molar-refractivity contribution >= 4 is 17.9 Å². The van der Waals surface area contributed by atoms with Gasteiger partial charge in [-0.1, -0.05) is 0 Å². The lowest BCUT2D eigenvalue weighted by molar-refractivity contribution is 0.0972. The van der Waals surface area contributed by atoms with Crippen molar-refractivity contribution in [3.8, 4) is 0 Å². The summed E-state index contributed by atoms with van der Waals surface area (Å²) >= 11 is 0. The summed E-state index contributed by atoms with van der Waals surface area (Å²) in [5.74, 6) is 2.05. The molecule has 1 aromatic rings. The average molecular weight is 351 g/mol. The molecule has 0 spiro atoms. The van der Waals surface area contributed by atoms with Gasteiger partial charge in [0.1, 0.15) is 12.4 Å². The molecule has 8 nitrogen and oxygen atoms in total. The molecule has 1 aliphatic rings. The maximum atomic E-state index is 11.5. The molecule has 2 N–H and O–H groups in total. The van der Waals surface area contributed by atoms with Crippen LogP contribution in [0.2, 0.25) is 0 Å². The third-order valence-electron chi connectivity index (χ3n) is 4.33. The van der Waals surface area contributed by atoms with E-state index in [4.69, 9.17) is 9.47 Å². The monoisotopic (exact) mass is 351 g/mol. The third-order valence-corrected chi connectivity index (χ3v) is 4.33. The number of hydrogen-bond donors (Lipinski definition) is 2. The zero-order valence-corrected chi connectivity index (χ0v) is 15.3. The Hall–Kier alpha value is -2.09. The summed E-state index contributed by atoms with van der Waals surface area (Å²) in [4.78, 5) is 22.3. The number of amides is 1. The molecule has 0 unspecified atom stereocenters. The lowest BCUT2D eigenvalue weighted by Crippen LogP contribution is -2.34. The Kier molecular flexibility index (Phi) is 7.72. The van der Waals surface area contributed by atoms with Crippen molar-refractivity contribution in [3.63, 3.8) is 0 Å². The highest BCUT2D eigenvalue weighted by atomic mass is 16.6. The van der Waals surface area contributed by atoms with E-state index < -0.39 is 0 Å². The van der Waals surface area contributed by atoms with Gasteiger partial charge in [0.25, 0.3) is 0 Å². The second-order valence-electron chi connectivity index (χ2n) is 6.50. The molecule has 1 saturated carbocycles. The highest BCUT2D eigenvalue weighted by Gasteiger charge is 2.22. The van der Waals surface area contributed by atoms with Crippen LogP contribution in [0.15, 0.2) is 12.3 Å². The van der Waals surface area contributed by atoms with Gasteiger partial charge in [0, 0.05) is 40.0 Å². The quantitative estimate of drug-likeness (QED) is 0.691. The molecule has 0 aliphatic heterocycles. The predicted molar refractivity (Wildman–Crippen MR) is 97.0 cm³/mol. The van der Waals surface area contributed by atoms with E-state index in [9.17, 15) is 4.79 Å². The minimum Gasteiger partial charge on any atom is -0.447 e. The van der Waals surface area contributed by atoms with Gasteiger partial charge in [0.05, 0.1) is 6.61 Å². The lowest BCUT2D eigenvalue weighted by atomic mass is 9.86. The van der Waals surface area contributed by atoms with E-state index in [2.05, 4.69) is 20.6 Å². The minimum absolute atomic E-state index is 0.283. The molecule has 140 valence electrons. The summed E-state index contributed by atoms with van der Waals surface area (Å²) in [6.07, 6.45) is 5.61. The number of anilines is 2. The van der Waals surface area contributed by atoms with E-state index in [1.165, 1.54) is 0 Å². The smallest absolute Gasteiger partial charge is 0.407 e. The minimum atomic E-state index is -0.369. The van der Waals surface area contributed by atoms with E-state index in [0.29, 0.717) is 31.1 Å². The molecule has 25 heavy (non-hydrogen) atoms. The number of hydrogen-bond acceptors (Lipinski definition) is 7. The second kappa shape index (κ2) is 10.0. The topological polar surface area (TPSA) is 88.6 Å². The molecule has 1 aliphatic carbocycles. The van der Waals surface area contributed by atoms with Gasteiger partial charge in [-0.05, 0) is 37.7 Å². The molecule has 0 radical (unpaired) electrons. The van der Waals surface area contributed by atoms with E-state index in [1.54, 1.807) is 13.3 Å². The van der Waals surface area contributed by atoms with Crippen molar-refractivity contribution in [2.24, 2.45) is 5.92 Å². The van der Waals surface area contributed by atoms with Crippen molar-refractivity contribution in [2.75, 3.05) is 51.2 Å². The first kappa shape index (κ1) is 19.2. The van der Waals surface area contributed by atoms with Crippen LogP contribution in [-0.4, -0.2) is 63.1 Å². The Bertz CT molecular complexity index is 533. The van der Waals surface area contributed by atoms with Crippen LogP contribution in [0.5, 0.6) is 0 Å². The number of carbonyl (C=O) groups is 1. The van der Waals surface area contributed by atoms with Crippen molar-refractivity contribution < 1.29 is 14.3 Å². The molecular formula is C17H29N5O3. The number of aromatic nitrogens is 2. The zero-order chi connectivity index (χ0) is 18.1. The zero-order valence-electron chi connectivity index (χ0n) is 15.3. The molecule has 0 bridgehead atoms. The molecule has 0 atom stereocenters. The van der Waals surface area contributed by atoms with Gasteiger partial charge in [-0.2, -0.15) is 4.98 Å². The van der Waals surface area contributed by atoms with Crippen LogP contribution < -0.4 is 15.5 Å². The molecule has 8 heteroatoms. The number of rotatable bonds is 8. The third kappa shape index (κ3) is 6.74. The van der Waals surface area contributed by atoms with Gasteiger partial charge in [0.2, 0.25) is 5.95 Å². The molecule has 1 aromatic heterocycles. The summed E-state index contributed by atoms with van der Waals surface area (Å²) in [7, 11) is 5.50. The van der Waals surface area contributed by atoms with Crippen LogP contribution in [0.3, 0.4) is 0 Å². The standard InChI is InChI=1S/C17H29N5O3/c1-22(2)15-8-9-18-16(21-15)20-14-6-4-13(5-7-14)12-19-17(23)25-11-10-24-3/h8-9,13-14H,4-7,10-12H2,1-3H3,(H,19,23)(H,18,20,21). The van der Waals surface area contributed by atoms with Gasteiger partial charge in [-0.3, -0.25) is 0 Å². The van der Waals surface area contributed by atoms with Gasteiger partial charge < -0.3 is 25.0 Å². The molecule has 1 fully saturated rings. The number of alkyl carbamates (subject to hydrolysis) is 1. The molecule has 0 saturated heterocycles. The van der Waals surface area contributed by atoms with Crippen LogP contribution in [0, 0.1) is 5.92 Å². The first-order chi connectivity index (χ1) is 12.1. The highest BCUT2D eigenvalue weighted by Crippen LogP contribution is 2.25. The maximum absolute atomic E-state index is 11.5. The Labute approximate surface area is 149 Å². The normalized spacial score (nSPS) is 20.0. The number of nitrogens with zero attached hydrogens (tertiary/aromatic N) is 3. The highest BCUT2D eigenvalue weighted by molar-refractivity contribution is 5.67. The van der Waals surface area contributed by atoms with Crippen LogP contribution in [0.1, 0.15) is 25.7 Å². The van der Waals surface area contributed by atoms with Crippen molar-refractivity contribution in [2.45, 2.75) is 31.7 Å². The van der Waals surface area contributed by atoms with Crippen molar-refractivity contribution in [3.05, 3.63) is 12.3 Å². The molecule has 2 rings (SSSR count). The van der Waals surface area contributed by atoms with Gasteiger partial charge in [-0.15, -0.1) is 0 Å². The van der Waals surface area contributed by atoms with Crippen LogP contribution >= 0.6 is 0 Å². The summed E-state index contributed by atoms with van der Waals surface area (Å²) < 4.78 is 9.84. The number of methoxy groups -OCH3 is 1. The Morgan fingerprint density at radius 2 is 2.04 bits per heavy atom. The molecule has 0 aromatic carbocycles.